The van der Waals surface area contributed by atoms with Crippen LogP contribution in [-0.4, -0.2) is 37.2 Å². The molecule has 3 atom stereocenters. The predicted octanol–water partition coefficient (Wildman–Crippen LogP) is 1.84. The molecule has 0 aromatic heterocycles. The van der Waals surface area contributed by atoms with E-state index in [4.69, 9.17) is 4.74 Å². The quantitative estimate of drug-likeness (QED) is 0.731. The van der Waals surface area contributed by atoms with Crippen LogP contribution in [0.2, 0.25) is 0 Å². The monoisotopic (exact) mass is 256 g/mol. The molecule has 0 aromatic rings. The zero-order chi connectivity index (χ0) is 13.4. The molecule has 0 radical (unpaired) electrons. The third-order valence-corrected chi connectivity index (χ3v) is 3.59. The second-order valence-corrected chi connectivity index (χ2v) is 5.27. The van der Waals surface area contributed by atoms with E-state index in [1.165, 1.54) is 12.8 Å². The molecule has 1 rings (SSSR count). The van der Waals surface area contributed by atoms with E-state index < -0.39 is 0 Å². The summed E-state index contributed by atoms with van der Waals surface area (Å²) in [5, 5.41) is 6.25. The summed E-state index contributed by atoms with van der Waals surface area (Å²) in [7, 11) is 0. The van der Waals surface area contributed by atoms with Gasteiger partial charge >= 0.3 is 0 Å². The van der Waals surface area contributed by atoms with Gasteiger partial charge < -0.3 is 15.4 Å². The number of carbonyl (C=O) groups is 1. The van der Waals surface area contributed by atoms with Crippen molar-refractivity contribution in [3.63, 3.8) is 0 Å². The van der Waals surface area contributed by atoms with Crippen LogP contribution in [-0.2, 0) is 9.53 Å². The smallest absolute Gasteiger partial charge is 0.237 e. The highest BCUT2D eigenvalue weighted by atomic mass is 16.5. The number of carbonyl (C=O) groups excluding carboxylic acids is 1. The molecule has 0 saturated carbocycles. The highest BCUT2D eigenvalue weighted by Crippen LogP contribution is 2.14. The molecule has 1 amide bonds. The molecule has 18 heavy (non-hydrogen) atoms. The van der Waals surface area contributed by atoms with Gasteiger partial charge in [0.2, 0.25) is 5.91 Å². The number of hydrogen-bond acceptors (Lipinski definition) is 3. The van der Waals surface area contributed by atoms with Gasteiger partial charge in [-0.25, -0.2) is 0 Å². The van der Waals surface area contributed by atoms with E-state index in [1.54, 1.807) is 0 Å². The maximum atomic E-state index is 11.8. The van der Waals surface area contributed by atoms with Crippen molar-refractivity contribution in [3.05, 3.63) is 0 Å². The Labute approximate surface area is 111 Å². The van der Waals surface area contributed by atoms with Gasteiger partial charge in [0.25, 0.3) is 0 Å². The van der Waals surface area contributed by atoms with Gasteiger partial charge in [0.1, 0.15) is 0 Å². The molecule has 2 N–H and O–H groups in total. The van der Waals surface area contributed by atoms with E-state index in [0.29, 0.717) is 6.10 Å². The number of hydrogen-bond donors (Lipinski definition) is 2. The van der Waals surface area contributed by atoms with Gasteiger partial charge in [-0.3, -0.25) is 4.79 Å². The van der Waals surface area contributed by atoms with Crippen molar-refractivity contribution in [1.29, 1.82) is 0 Å². The summed E-state index contributed by atoms with van der Waals surface area (Å²) >= 11 is 0. The van der Waals surface area contributed by atoms with Gasteiger partial charge in [0, 0.05) is 12.6 Å². The Morgan fingerprint density at radius 1 is 1.39 bits per heavy atom. The molecule has 4 nitrogen and oxygen atoms in total. The number of amides is 1. The van der Waals surface area contributed by atoms with Crippen LogP contribution in [0.1, 0.15) is 52.9 Å². The summed E-state index contributed by atoms with van der Waals surface area (Å²) in [5.41, 5.74) is 0. The van der Waals surface area contributed by atoms with Gasteiger partial charge in [-0.1, -0.05) is 6.92 Å². The molecule has 1 aliphatic heterocycles. The van der Waals surface area contributed by atoms with E-state index >= 15 is 0 Å². The Balaban J connectivity index is 2.11. The standard InChI is InChI=1S/C14H28N2O2/c1-4-11(2)16-14(17)12(3)15-9-8-13-7-5-6-10-18-13/h11-13,15H,4-10H2,1-3H3,(H,16,17). The van der Waals surface area contributed by atoms with Crippen molar-refractivity contribution in [1.82, 2.24) is 10.6 Å². The lowest BCUT2D eigenvalue weighted by atomic mass is 10.1. The van der Waals surface area contributed by atoms with Crippen LogP contribution < -0.4 is 10.6 Å². The Hall–Kier alpha value is -0.610. The summed E-state index contributed by atoms with van der Waals surface area (Å²) in [4.78, 5) is 11.8. The van der Waals surface area contributed by atoms with Crippen LogP contribution in [0.4, 0.5) is 0 Å². The van der Waals surface area contributed by atoms with Crippen LogP contribution >= 0.6 is 0 Å². The normalized spacial score (nSPS) is 23.4. The molecular formula is C14H28N2O2. The first-order valence-corrected chi connectivity index (χ1v) is 7.28. The molecule has 0 aromatic carbocycles. The fourth-order valence-corrected chi connectivity index (χ4v) is 2.06. The van der Waals surface area contributed by atoms with Crippen molar-refractivity contribution >= 4 is 5.91 Å². The van der Waals surface area contributed by atoms with Crippen LogP contribution in [0.25, 0.3) is 0 Å². The van der Waals surface area contributed by atoms with E-state index in [-0.39, 0.29) is 18.0 Å². The van der Waals surface area contributed by atoms with Crippen LogP contribution in [0.5, 0.6) is 0 Å². The van der Waals surface area contributed by atoms with E-state index in [2.05, 4.69) is 17.6 Å². The Morgan fingerprint density at radius 3 is 2.78 bits per heavy atom. The molecule has 0 aliphatic carbocycles. The van der Waals surface area contributed by atoms with Crippen LogP contribution in [0.3, 0.4) is 0 Å². The van der Waals surface area contributed by atoms with Crippen molar-refractivity contribution in [3.8, 4) is 0 Å². The molecule has 106 valence electrons. The first-order valence-electron chi connectivity index (χ1n) is 7.28. The summed E-state index contributed by atoms with van der Waals surface area (Å²) < 4.78 is 5.66. The van der Waals surface area contributed by atoms with Gasteiger partial charge in [-0.15, -0.1) is 0 Å². The fourth-order valence-electron chi connectivity index (χ4n) is 2.06. The predicted molar refractivity (Wildman–Crippen MR) is 73.6 cm³/mol. The molecule has 1 aliphatic rings. The van der Waals surface area contributed by atoms with E-state index in [0.717, 1.165) is 32.4 Å². The van der Waals surface area contributed by atoms with Crippen molar-refractivity contribution in [2.45, 2.75) is 71.1 Å². The Bertz CT molecular complexity index is 240. The van der Waals surface area contributed by atoms with Crippen LogP contribution in [0.15, 0.2) is 0 Å². The lowest BCUT2D eigenvalue weighted by molar-refractivity contribution is -0.123. The summed E-state index contributed by atoms with van der Waals surface area (Å²) in [6, 6.07) is 0.131. The molecular weight excluding hydrogens is 228 g/mol. The number of rotatable bonds is 7. The van der Waals surface area contributed by atoms with Gasteiger partial charge in [-0.2, -0.15) is 0 Å². The summed E-state index contributed by atoms with van der Waals surface area (Å²) in [6.07, 6.45) is 5.98. The first kappa shape index (κ1) is 15.4. The maximum Gasteiger partial charge on any atom is 0.237 e. The Morgan fingerprint density at radius 2 is 2.17 bits per heavy atom. The zero-order valence-corrected chi connectivity index (χ0v) is 12.0. The maximum absolute atomic E-state index is 11.8. The Kier molecular flexibility index (Phi) is 7.28. The number of ether oxygens (including phenoxy) is 1. The van der Waals surface area contributed by atoms with Gasteiger partial charge in [0.05, 0.1) is 12.1 Å². The minimum atomic E-state index is -0.123. The fraction of sp³-hybridized carbons (Fsp3) is 0.929. The first-order chi connectivity index (χ1) is 8.63. The van der Waals surface area contributed by atoms with Gasteiger partial charge in [0.15, 0.2) is 0 Å². The minimum absolute atomic E-state index is 0.0916. The summed E-state index contributed by atoms with van der Waals surface area (Å²) in [6.45, 7) is 7.76. The molecule has 1 heterocycles. The van der Waals surface area contributed by atoms with Gasteiger partial charge in [-0.05, 0) is 52.5 Å². The highest BCUT2D eigenvalue weighted by molar-refractivity contribution is 5.81. The van der Waals surface area contributed by atoms with Crippen molar-refractivity contribution in [2.75, 3.05) is 13.2 Å². The second-order valence-electron chi connectivity index (χ2n) is 5.27. The van der Waals surface area contributed by atoms with Crippen LogP contribution in [0, 0.1) is 0 Å². The zero-order valence-electron chi connectivity index (χ0n) is 12.0. The molecule has 1 saturated heterocycles. The third-order valence-electron chi connectivity index (χ3n) is 3.59. The van der Waals surface area contributed by atoms with E-state index in [1.807, 2.05) is 13.8 Å². The molecule has 0 spiro atoms. The number of nitrogens with one attached hydrogen (secondary N) is 2. The largest absolute Gasteiger partial charge is 0.378 e. The topological polar surface area (TPSA) is 50.4 Å². The molecule has 0 bridgehead atoms. The van der Waals surface area contributed by atoms with E-state index in [9.17, 15) is 4.79 Å². The van der Waals surface area contributed by atoms with Crippen molar-refractivity contribution in [2.24, 2.45) is 0 Å². The highest BCUT2D eigenvalue weighted by Gasteiger charge is 2.16. The third kappa shape index (κ3) is 5.83. The second kappa shape index (κ2) is 8.48. The SMILES string of the molecule is CCC(C)NC(=O)C(C)NCCC1CCCCO1. The lowest BCUT2D eigenvalue weighted by Crippen LogP contribution is -2.46. The average molecular weight is 256 g/mol. The molecule has 3 unspecified atom stereocenters. The average Bonchev–Trinajstić information content (AvgIpc) is 2.39. The summed E-state index contributed by atoms with van der Waals surface area (Å²) in [5.74, 6) is 0.0916. The lowest BCUT2D eigenvalue weighted by Gasteiger charge is -2.23. The minimum Gasteiger partial charge on any atom is -0.378 e. The van der Waals surface area contributed by atoms with Crippen molar-refractivity contribution < 1.29 is 9.53 Å². The molecule has 1 fully saturated rings. The molecule has 4 heteroatoms.